The number of carboxylic acids is 3. The van der Waals surface area contributed by atoms with Crippen LogP contribution in [0.25, 0.3) is 0 Å². The number of carboxylic acid groups (broad SMARTS) is 3. The van der Waals surface area contributed by atoms with Gasteiger partial charge in [0.15, 0.2) is 0 Å². The molecule has 0 saturated carbocycles. The molecule has 0 aliphatic carbocycles. The van der Waals surface area contributed by atoms with Gasteiger partial charge in [-0.05, 0) is 25.9 Å². The number of hydrogen-bond acceptors (Lipinski definition) is 7. The van der Waals surface area contributed by atoms with Crippen molar-refractivity contribution < 1.29 is 40.7 Å². The standard InChI is InChI=1S/C16H30N4O6.2H2O/c21-14(22)11-18-6-2-7-20(13-16(25)26)10-9-19(12-15(23)24)5-1-3-17-4-8-18;;/h17H,1-13H2,(H,21,22)(H,23,24)(H,25,26);2*1H2. The summed E-state index contributed by atoms with van der Waals surface area (Å²) in [7, 11) is 0. The number of nitrogens with one attached hydrogen (secondary N) is 1. The molecule has 1 heterocycles. The number of carbonyl (C=O) groups is 3. The minimum Gasteiger partial charge on any atom is -0.480 e. The van der Waals surface area contributed by atoms with Crippen LogP contribution < -0.4 is 5.32 Å². The first-order chi connectivity index (χ1) is 12.4. The zero-order valence-corrected chi connectivity index (χ0v) is 16.1. The van der Waals surface area contributed by atoms with Crippen molar-refractivity contribution in [3.05, 3.63) is 0 Å². The van der Waals surface area contributed by atoms with E-state index in [9.17, 15) is 14.4 Å². The molecule has 1 rings (SSSR count). The van der Waals surface area contributed by atoms with E-state index in [-0.39, 0.29) is 30.6 Å². The van der Waals surface area contributed by atoms with Crippen molar-refractivity contribution in [2.75, 3.05) is 72.0 Å². The van der Waals surface area contributed by atoms with Gasteiger partial charge in [0.25, 0.3) is 0 Å². The van der Waals surface area contributed by atoms with Crippen LogP contribution >= 0.6 is 0 Å². The lowest BCUT2D eigenvalue weighted by Gasteiger charge is -2.28. The zero-order valence-electron chi connectivity index (χ0n) is 16.1. The highest BCUT2D eigenvalue weighted by molar-refractivity contribution is 5.69. The van der Waals surface area contributed by atoms with Crippen molar-refractivity contribution in [1.82, 2.24) is 20.0 Å². The van der Waals surface area contributed by atoms with E-state index in [1.807, 2.05) is 9.80 Å². The predicted octanol–water partition coefficient (Wildman–Crippen LogP) is -3.12. The van der Waals surface area contributed by atoms with Gasteiger partial charge in [0.2, 0.25) is 0 Å². The Kier molecular flexibility index (Phi) is 16.4. The minimum absolute atomic E-state index is 0. The maximum Gasteiger partial charge on any atom is 0.317 e. The van der Waals surface area contributed by atoms with Crippen molar-refractivity contribution in [3.8, 4) is 0 Å². The fourth-order valence-electron chi connectivity index (χ4n) is 2.97. The number of hydrogen-bond donors (Lipinski definition) is 4. The Morgan fingerprint density at radius 3 is 1.43 bits per heavy atom. The first-order valence-electron chi connectivity index (χ1n) is 8.90. The molecule has 0 radical (unpaired) electrons. The SMILES string of the molecule is O.O.O=C(O)CN1CCCN(CC(=O)O)CCN(CC(=O)O)CCCNCC1. The van der Waals surface area contributed by atoms with Crippen molar-refractivity contribution in [2.24, 2.45) is 0 Å². The summed E-state index contributed by atoms with van der Waals surface area (Å²) in [5.41, 5.74) is 0. The summed E-state index contributed by atoms with van der Waals surface area (Å²) in [5.74, 6) is -2.70. The number of rotatable bonds is 6. The van der Waals surface area contributed by atoms with Gasteiger partial charge in [0, 0.05) is 39.3 Å². The summed E-state index contributed by atoms with van der Waals surface area (Å²) in [6, 6.07) is 0. The van der Waals surface area contributed by atoms with Gasteiger partial charge in [-0.25, -0.2) is 0 Å². The third-order valence-corrected chi connectivity index (χ3v) is 4.19. The van der Waals surface area contributed by atoms with Gasteiger partial charge in [-0.15, -0.1) is 0 Å². The van der Waals surface area contributed by atoms with Gasteiger partial charge in [-0.1, -0.05) is 0 Å². The minimum atomic E-state index is -0.928. The molecule has 12 nitrogen and oxygen atoms in total. The summed E-state index contributed by atoms with van der Waals surface area (Å²) in [4.78, 5) is 38.5. The summed E-state index contributed by atoms with van der Waals surface area (Å²) in [6.45, 7) is 4.43. The molecule has 0 bridgehead atoms. The topological polar surface area (TPSA) is 197 Å². The molecule has 28 heavy (non-hydrogen) atoms. The van der Waals surface area contributed by atoms with Gasteiger partial charge in [0.05, 0.1) is 19.6 Å². The molecule has 12 heteroatoms. The van der Waals surface area contributed by atoms with E-state index in [1.165, 1.54) is 0 Å². The van der Waals surface area contributed by atoms with Crippen LogP contribution in [-0.4, -0.2) is 131 Å². The Morgan fingerprint density at radius 2 is 1.00 bits per heavy atom. The maximum absolute atomic E-state index is 11.1. The molecule has 0 unspecified atom stereocenters. The Morgan fingerprint density at radius 1 is 0.607 bits per heavy atom. The molecule has 1 saturated heterocycles. The van der Waals surface area contributed by atoms with Crippen molar-refractivity contribution in [3.63, 3.8) is 0 Å². The second-order valence-electron chi connectivity index (χ2n) is 6.47. The summed E-state index contributed by atoms with van der Waals surface area (Å²) >= 11 is 0. The molecule has 1 fully saturated rings. The summed E-state index contributed by atoms with van der Waals surface area (Å²) in [6.07, 6.45) is 1.42. The summed E-state index contributed by atoms with van der Waals surface area (Å²) in [5, 5.41) is 30.4. The predicted molar refractivity (Wildman–Crippen MR) is 102 cm³/mol. The molecular formula is C16H34N4O8. The van der Waals surface area contributed by atoms with Gasteiger partial charge >= 0.3 is 17.9 Å². The van der Waals surface area contributed by atoms with Crippen LogP contribution in [0.15, 0.2) is 0 Å². The highest BCUT2D eigenvalue weighted by Gasteiger charge is 2.16. The fraction of sp³-hybridized carbons (Fsp3) is 0.812. The van der Waals surface area contributed by atoms with Crippen molar-refractivity contribution >= 4 is 17.9 Å². The second-order valence-corrected chi connectivity index (χ2v) is 6.47. The number of aliphatic carboxylic acids is 3. The van der Waals surface area contributed by atoms with Crippen LogP contribution in [0.2, 0.25) is 0 Å². The second kappa shape index (κ2) is 16.2. The van der Waals surface area contributed by atoms with Gasteiger partial charge in [-0.3, -0.25) is 29.1 Å². The molecule has 1 aliphatic rings. The fourth-order valence-corrected chi connectivity index (χ4v) is 2.97. The van der Waals surface area contributed by atoms with E-state index in [0.29, 0.717) is 52.2 Å². The smallest absolute Gasteiger partial charge is 0.317 e. The molecule has 0 aromatic rings. The number of nitrogens with zero attached hydrogens (tertiary/aromatic N) is 3. The van der Waals surface area contributed by atoms with Gasteiger partial charge in [0.1, 0.15) is 0 Å². The maximum atomic E-state index is 11.1. The average molecular weight is 410 g/mol. The summed E-state index contributed by atoms with van der Waals surface area (Å²) < 4.78 is 0. The Hall–Kier alpha value is -1.83. The lowest BCUT2D eigenvalue weighted by Crippen LogP contribution is -2.43. The van der Waals surface area contributed by atoms with Crippen LogP contribution in [0.1, 0.15) is 12.8 Å². The highest BCUT2D eigenvalue weighted by Crippen LogP contribution is 2.00. The molecule has 0 aromatic heterocycles. The first kappa shape index (κ1) is 28.4. The van der Waals surface area contributed by atoms with E-state index < -0.39 is 17.9 Å². The third kappa shape index (κ3) is 14.3. The van der Waals surface area contributed by atoms with E-state index in [0.717, 1.165) is 13.0 Å². The Labute approximate surface area is 164 Å². The first-order valence-corrected chi connectivity index (χ1v) is 8.90. The Bertz CT molecular complexity index is 466. The van der Waals surface area contributed by atoms with Gasteiger partial charge in [-0.2, -0.15) is 0 Å². The van der Waals surface area contributed by atoms with Crippen LogP contribution in [0.3, 0.4) is 0 Å². The molecule has 166 valence electrons. The normalized spacial score (nSPS) is 18.9. The largest absolute Gasteiger partial charge is 0.480 e. The molecule has 0 amide bonds. The van der Waals surface area contributed by atoms with Crippen LogP contribution in [-0.2, 0) is 14.4 Å². The van der Waals surface area contributed by atoms with Crippen molar-refractivity contribution in [2.45, 2.75) is 12.8 Å². The lowest BCUT2D eigenvalue weighted by atomic mass is 10.3. The van der Waals surface area contributed by atoms with E-state index in [2.05, 4.69) is 5.32 Å². The lowest BCUT2D eigenvalue weighted by molar-refractivity contribution is -0.140. The molecule has 0 spiro atoms. The van der Waals surface area contributed by atoms with Crippen LogP contribution in [0.5, 0.6) is 0 Å². The van der Waals surface area contributed by atoms with E-state index in [4.69, 9.17) is 15.3 Å². The highest BCUT2D eigenvalue weighted by atomic mass is 16.4. The van der Waals surface area contributed by atoms with Gasteiger partial charge < -0.3 is 31.6 Å². The van der Waals surface area contributed by atoms with Crippen LogP contribution in [0.4, 0.5) is 0 Å². The molecule has 0 aromatic carbocycles. The Balaban J connectivity index is 0. The molecule has 0 atom stereocenters. The zero-order chi connectivity index (χ0) is 19.4. The molecular weight excluding hydrogens is 376 g/mol. The molecule has 1 aliphatic heterocycles. The van der Waals surface area contributed by atoms with Crippen LogP contribution in [0, 0.1) is 0 Å². The third-order valence-electron chi connectivity index (χ3n) is 4.19. The van der Waals surface area contributed by atoms with E-state index >= 15 is 0 Å². The molecule has 8 N–H and O–H groups in total. The quantitative estimate of drug-likeness (QED) is 0.347. The van der Waals surface area contributed by atoms with Crippen molar-refractivity contribution in [1.29, 1.82) is 0 Å². The van der Waals surface area contributed by atoms with E-state index in [1.54, 1.807) is 4.90 Å². The average Bonchev–Trinajstić information content (AvgIpc) is 2.52. The monoisotopic (exact) mass is 410 g/mol.